The van der Waals surface area contributed by atoms with E-state index < -0.39 is 0 Å². The van der Waals surface area contributed by atoms with E-state index in [1.807, 2.05) is 13.2 Å². The monoisotopic (exact) mass is 230 g/mol. The van der Waals surface area contributed by atoms with E-state index >= 15 is 0 Å². The Morgan fingerprint density at radius 3 is 3.06 bits per heavy atom. The van der Waals surface area contributed by atoms with E-state index in [9.17, 15) is 4.79 Å². The molecule has 0 spiro atoms. The van der Waals surface area contributed by atoms with Gasteiger partial charge in [-0.05, 0) is 0 Å². The minimum atomic E-state index is -0.0878. The van der Waals surface area contributed by atoms with Crippen LogP contribution in [-0.2, 0) is 11.8 Å². The fourth-order valence-electron chi connectivity index (χ4n) is 1.64. The Balaban J connectivity index is 2.01. The van der Waals surface area contributed by atoms with Gasteiger partial charge < -0.3 is 10.6 Å². The smallest absolute Gasteiger partial charge is 0.243 e. The molecule has 0 atom stereocenters. The Kier molecular flexibility index (Phi) is 2.04. The summed E-state index contributed by atoms with van der Waals surface area (Å²) < 4.78 is 1.69. The minimum absolute atomic E-state index is 0.0878. The lowest BCUT2D eigenvalue weighted by atomic mass is 10.3. The molecule has 0 aromatic carbocycles. The molecule has 0 bridgehead atoms. The molecular weight excluding hydrogens is 220 g/mol. The summed E-state index contributed by atoms with van der Waals surface area (Å²) in [5.41, 5.74) is 1.45. The molecule has 0 saturated carbocycles. The van der Waals surface area contributed by atoms with Gasteiger partial charge in [0.05, 0.1) is 24.5 Å². The quantitative estimate of drug-likeness (QED) is 0.733. The molecule has 7 nitrogen and oxygen atoms in total. The largest absolute Gasteiger partial charge is 0.359 e. The highest BCUT2D eigenvalue weighted by Crippen LogP contribution is 2.24. The number of hydrogen-bond acceptors (Lipinski definition) is 5. The molecule has 2 aromatic rings. The van der Waals surface area contributed by atoms with E-state index in [0.717, 1.165) is 5.56 Å². The van der Waals surface area contributed by atoms with Crippen LogP contribution in [0.25, 0.3) is 11.4 Å². The fraction of sp³-hybridized carbons (Fsp3) is 0.200. The van der Waals surface area contributed by atoms with Crippen molar-refractivity contribution in [1.82, 2.24) is 19.7 Å². The Morgan fingerprint density at radius 1 is 1.41 bits per heavy atom. The lowest BCUT2D eigenvalue weighted by Crippen LogP contribution is -2.28. The average Bonchev–Trinajstić information content (AvgIpc) is 2.75. The van der Waals surface area contributed by atoms with Crippen molar-refractivity contribution >= 4 is 17.4 Å². The zero-order valence-corrected chi connectivity index (χ0v) is 9.14. The zero-order valence-electron chi connectivity index (χ0n) is 9.14. The third kappa shape index (κ3) is 1.71. The van der Waals surface area contributed by atoms with E-state index in [4.69, 9.17) is 0 Å². The van der Waals surface area contributed by atoms with Crippen molar-refractivity contribution in [3.8, 4) is 11.4 Å². The van der Waals surface area contributed by atoms with Gasteiger partial charge in [0.2, 0.25) is 5.91 Å². The molecule has 2 aromatic heterocycles. The lowest BCUT2D eigenvalue weighted by Gasteiger charge is -2.17. The molecule has 0 aliphatic carbocycles. The molecule has 0 radical (unpaired) electrons. The molecule has 86 valence electrons. The highest BCUT2D eigenvalue weighted by molar-refractivity contribution is 5.99. The molecule has 3 heterocycles. The number of aryl methyl sites for hydroxylation is 1. The van der Waals surface area contributed by atoms with Gasteiger partial charge >= 0.3 is 0 Å². The molecule has 0 unspecified atom stereocenters. The minimum Gasteiger partial charge on any atom is -0.359 e. The molecular formula is C10H10N6O. The van der Waals surface area contributed by atoms with Gasteiger partial charge in [0.1, 0.15) is 5.69 Å². The van der Waals surface area contributed by atoms with Crippen LogP contribution < -0.4 is 10.6 Å². The van der Waals surface area contributed by atoms with Crippen LogP contribution in [0.1, 0.15) is 0 Å². The standard InChI is InChI=1S/C10H10N6O/c1-16-5-6(2-13-16)9-11-3-7-10(15-9)12-4-8(17)14-7/h2-3,5H,4H2,1H3,(H,14,17)(H,11,12,15). The summed E-state index contributed by atoms with van der Waals surface area (Å²) in [6.07, 6.45) is 5.13. The van der Waals surface area contributed by atoms with Crippen LogP contribution >= 0.6 is 0 Å². The van der Waals surface area contributed by atoms with Gasteiger partial charge in [-0.3, -0.25) is 9.48 Å². The number of carbonyl (C=O) groups is 1. The third-order valence-electron chi connectivity index (χ3n) is 2.44. The number of fused-ring (bicyclic) bond motifs is 1. The summed E-state index contributed by atoms with van der Waals surface area (Å²) in [7, 11) is 1.83. The van der Waals surface area contributed by atoms with Crippen molar-refractivity contribution in [2.24, 2.45) is 7.05 Å². The molecule has 7 heteroatoms. The molecule has 1 amide bonds. The van der Waals surface area contributed by atoms with E-state index in [1.165, 1.54) is 0 Å². The number of amides is 1. The van der Waals surface area contributed by atoms with Crippen LogP contribution in [0.2, 0.25) is 0 Å². The summed E-state index contributed by atoms with van der Waals surface area (Å²) in [4.78, 5) is 19.7. The molecule has 1 aliphatic heterocycles. The molecule has 2 N–H and O–H groups in total. The molecule has 0 fully saturated rings. The normalized spacial score (nSPS) is 13.8. The highest BCUT2D eigenvalue weighted by Gasteiger charge is 2.16. The maximum atomic E-state index is 11.1. The lowest BCUT2D eigenvalue weighted by molar-refractivity contribution is -0.114. The van der Waals surface area contributed by atoms with Gasteiger partial charge in [-0.1, -0.05) is 0 Å². The predicted molar refractivity (Wildman–Crippen MR) is 61.4 cm³/mol. The van der Waals surface area contributed by atoms with Gasteiger partial charge in [0.15, 0.2) is 11.6 Å². The molecule has 1 aliphatic rings. The SMILES string of the molecule is Cn1cc(-c2ncc3c(n2)NCC(=O)N3)cn1. The molecule has 17 heavy (non-hydrogen) atoms. The van der Waals surface area contributed by atoms with Crippen molar-refractivity contribution in [3.63, 3.8) is 0 Å². The second kappa shape index (κ2) is 3.55. The Hall–Kier alpha value is -2.44. The van der Waals surface area contributed by atoms with Gasteiger partial charge in [-0.15, -0.1) is 0 Å². The summed E-state index contributed by atoms with van der Waals surface area (Å²) in [5, 5.41) is 9.70. The van der Waals surface area contributed by atoms with Crippen LogP contribution in [0.4, 0.5) is 11.5 Å². The van der Waals surface area contributed by atoms with Crippen LogP contribution in [0.5, 0.6) is 0 Å². The Bertz CT molecular complexity index is 590. The Morgan fingerprint density at radius 2 is 2.29 bits per heavy atom. The number of rotatable bonds is 1. The van der Waals surface area contributed by atoms with Crippen LogP contribution in [0, 0.1) is 0 Å². The molecule has 0 saturated heterocycles. The van der Waals surface area contributed by atoms with Crippen LogP contribution in [0.3, 0.4) is 0 Å². The van der Waals surface area contributed by atoms with Crippen LogP contribution in [-0.4, -0.2) is 32.2 Å². The number of aromatic nitrogens is 4. The van der Waals surface area contributed by atoms with E-state index in [-0.39, 0.29) is 12.5 Å². The van der Waals surface area contributed by atoms with Crippen LogP contribution in [0.15, 0.2) is 18.6 Å². The fourth-order valence-corrected chi connectivity index (χ4v) is 1.64. The number of nitrogens with one attached hydrogen (secondary N) is 2. The first-order chi connectivity index (χ1) is 8.22. The van der Waals surface area contributed by atoms with Crippen molar-refractivity contribution < 1.29 is 4.79 Å². The first kappa shape index (κ1) is 9.76. The van der Waals surface area contributed by atoms with Crippen molar-refractivity contribution in [3.05, 3.63) is 18.6 Å². The second-order valence-corrected chi connectivity index (χ2v) is 3.76. The number of anilines is 2. The van der Waals surface area contributed by atoms with Gasteiger partial charge in [-0.2, -0.15) is 5.10 Å². The van der Waals surface area contributed by atoms with Gasteiger partial charge in [-0.25, -0.2) is 9.97 Å². The second-order valence-electron chi connectivity index (χ2n) is 3.76. The molecule has 3 rings (SSSR count). The maximum absolute atomic E-state index is 11.1. The third-order valence-corrected chi connectivity index (χ3v) is 2.44. The van der Waals surface area contributed by atoms with E-state index in [2.05, 4.69) is 25.7 Å². The first-order valence-corrected chi connectivity index (χ1v) is 5.12. The number of nitrogens with zero attached hydrogens (tertiary/aromatic N) is 4. The summed E-state index contributed by atoms with van der Waals surface area (Å²) >= 11 is 0. The zero-order chi connectivity index (χ0) is 11.8. The first-order valence-electron chi connectivity index (χ1n) is 5.12. The maximum Gasteiger partial charge on any atom is 0.243 e. The van der Waals surface area contributed by atoms with Crippen molar-refractivity contribution in [2.75, 3.05) is 17.2 Å². The number of carbonyl (C=O) groups excluding carboxylic acids is 1. The average molecular weight is 230 g/mol. The van der Waals surface area contributed by atoms with Gasteiger partial charge in [0.25, 0.3) is 0 Å². The highest BCUT2D eigenvalue weighted by atomic mass is 16.2. The van der Waals surface area contributed by atoms with Gasteiger partial charge in [0, 0.05) is 13.2 Å². The van der Waals surface area contributed by atoms with E-state index in [1.54, 1.807) is 17.1 Å². The summed E-state index contributed by atoms with van der Waals surface area (Å²) in [5.74, 6) is 1.13. The van der Waals surface area contributed by atoms with E-state index in [0.29, 0.717) is 17.3 Å². The summed E-state index contributed by atoms with van der Waals surface area (Å²) in [6, 6.07) is 0. The Labute approximate surface area is 96.9 Å². The van der Waals surface area contributed by atoms with Crippen molar-refractivity contribution in [1.29, 1.82) is 0 Å². The predicted octanol–water partition coefficient (Wildman–Crippen LogP) is 0.241. The number of hydrogen-bond donors (Lipinski definition) is 2. The topological polar surface area (TPSA) is 84.7 Å². The van der Waals surface area contributed by atoms with Crippen molar-refractivity contribution in [2.45, 2.75) is 0 Å². The summed E-state index contributed by atoms with van der Waals surface area (Å²) in [6.45, 7) is 0.233.